The third-order valence-electron chi connectivity index (χ3n) is 2.05. The number of ether oxygens (including phenoxy) is 1. The highest BCUT2D eigenvalue weighted by Crippen LogP contribution is 2.31. The van der Waals surface area contributed by atoms with Gasteiger partial charge in [-0.1, -0.05) is 6.92 Å². The normalized spacial score (nSPS) is 32.4. The summed E-state index contributed by atoms with van der Waals surface area (Å²) in [6, 6.07) is 0. The molecule has 2 unspecified atom stereocenters. The zero-order chi connectivity index (χ0) is 7.78. The molecule has 0 bridgehead atoms. The van der Waals surface area contributed by atoms with Crippen molar-refractivity contribution >= 4 is 0 Å². The van der Waals surface area contributed by atoms with E-state index in [2.05, 4.69) is 33.0 Å². The molecule has 1 rings (SSSR count). The molecule has 2 heteroatoms. The molecule has 10 heavy (non-hydrogen) atoms. The van der Waals surface area contributed by atoms with Crippen LogP contribution in [0.2, 0.25) is 0 Å². The van der Waals surface area contributed by atoms with E-state index >= 15 is 0 Å². The monoisotopic (exact) mass is 143 g/mol. The zero-order valence-corrected chi connectivity index (χ0v) is 7.27. The van der Waals surface area contributed by atoms with Gasteiger partial charge in [0.15, 0.2) is 0 Å². The summed E-state index contributed by atoms with van der Waals surface area (Å²) in [6.07, 6.45) is 0.876. The van der Waals surface area contributed by atoms with Crippen molar-refractivity contribution in [1.29, 1.82) is 0 Å². The molecule has 1 saturated heterocycles. The van der Waals surface area contributed by atoms with Crippen LogP contribution in [-0.4, -0.2) is 24.3 Å². The van der Waals surface area contributed by atoms with E-state index in [1.54, 1.807) is 0 Å². The summed E-state index contributed by atoms with van der Waals surface area (Å²) in [5.74, 6) is 0. The van der Waals surface area contributed by atoms with E-state index in [9.17, 15) is 0 Å². The Morgan fingerprint density at radius 3 is 2.30 bits per heavy atom. The van der Waals surface area contributed by atoms with E-state index in [1.807, 2.05) is 0 Å². The number of hydrogen-bond acceptors (Lipinski definition) is 2. The van der Waals surface area contributed by atoms with Crippen LogP contribution in [0.25, 0.3) is 0 Å². The first-order valence-electron chi connectivity index (χ1n) is 3.98. The fraction of sp³-hybridized carbons (Fsp3) is 1.00. The van der Waals surface area contributed by atoms with Gasteiger partial charge in [-0.15, -0.1) is 0 Å². The molecule has 0 aromatic carbocycles. The maximum Gasteiger partial charge on any atom is 0.101 e. The minimum absolute atomic E-state index is 0.161. The first-order chi connectivity index (χ1) is 4.58. The Kier molecular flexibility index (Phi) is 2.02. The molecule has 1 N–H and O–H groups in total. The molecule has 0 aliphatic carbocycles. The molecular formula is C8H17NO. The zero-order valence-electron chi connectivity index (χ0n) is 7.27. The van der Waals surface area contributed by atoms with Crippen molar-refractivity contribution < 1.29 is 4.74 Å². The van der Waals surface area contributed by atoms with Crippen molar-refractivity contribution in [2.75, 3.05) is 6.54 Å². The fourth-order valence-electron chi connectivity index (χ4n) is 1.50. The Labute approximate surface area is 63.0 Å². The molecule has 2 nitrogen and oxygen atoms in total. The van der Waals surface area contributed by atoms with E-state index in [1.165, 1.54) is 0 Å². The minimum Gasteiger partial charge on any atom is -0.368 e. The Bertz CT molecular complexity index is 122. The highest BCUT2D eigenvalue weighted by Gasteiger charge is 2.45. The van der Waals surface area contributed by atoms with E-state index in [4.69, 9.17) is 4.74 Å². The van der Waals surface area contributed by atoms with Crippen molar-refractivity contribution in [3.8, 4) is 0 Å². The summed E-state index contributed by atoms with van der Waals surface area (Å²) in [5.41, 5.74) is 0.161. The molecule has 0 aromatic rings. The first-order valence-corrected chi connectivity index (χ1v) is 3.98. The SMILES string of the molecule is CCNC(C)(C)C1OC1C. The Hall–Kier alpha value is -0.0800. The Balaban J connectivity index is 2.36. The lowest BCUT2D eigenvalue weighted by Crippen LogP contribution is -2.44. The number of hydrogen-bond donors (Lipinski definition) is 1. The van der Waals surface area contributed by atoms with Gasteiger partial charge in [-0.25, -0.2) is 0 Å². The van der Waals surface area contributed by atoms with Gasteiger partial charge in [0.05, 0.1) is 6.10 Å². The minimum atomic E-state index is 0.161. The summed E-state index contributed by atoms with van der Waals surface area (Å²) in [6.45, 7) is 9.62. The molecule has 0 radical (unpaired) electrons. The maximum absolute atomic E-state index is 5.37. The van der Waals surface area contributed by atoms with Gasteiger partial charge in [-0.2, -0.15) is 0 Å². The molecule has 1 aliphatic rings. The van der Waals surface area contributed by atoms with E-state index < -0.39 is 0 Å². The largest absolute Gasteiger partial charge is 0.368 e. The third-order valence-corrected chi connectivity index (χ3v) is 2.05. The average molecular weight is 143 g/mol. The van der Waals surface area contributed by atoms with Gasteiger partial charge >= 0.3 is 0 Å². The lowest BCUT2D eigenvalue weighted by Gasteiger charge is -2.23. The predicted molar refractivity (Wildman–Crippen MR) is 42.1 cm³/mol. The van der Waals surface area contributed by atoms with E-state index in [0.717, 1.165) is 6.54 Å². The van der Waals surface area contributed by atoms with Gasteiger partial charge in [-0.05, 0) is 27.3 Å². The van der Waals surface area contributed by atoms with Crippen LogP contribution in [-0.2, 0) is 4.74 Å². The van der Waals surface area contributed by atoms with Crippen LogP contribution < -0.4 is 5.32 Å². The maximum atomic E-state index is 5.37. The molecule has 0 aromatic heterocycles. The molecule has 1 aliphatic heterocycles. The van der Waals surface area contributed by atoms with Gasteiger partial charge in [-0.3, -0.25) is 0 Å². The summed E-state index contributed by atoms with van der Waals surface area (Å²) < 4.78 is 5.37. The lowest BCUT2D eigenvalue weighted by atomic mass is 9.99. The molecule has 0 saturated carbocycles. The molecule has 1 fully saturated rings. The number of epoxide rings is 1. The fourth-order valence-corrected chi connectivity index (χ4v) is 1.50. The van der Waals surface area contributed by atoms with Crippen molar-refractivity contribution in [2.45, 2.75) is 45.4 Å². The van der Waals surface area contributed by atoms with Crippen LogP contribution in [0, 0.1) is 0 Å². The topological polar surface area (TPSA) is 24.6 Å². The predicted octanol–water partition coefficient (Wildman–Crippen LogP) is 1.16. The number of likely N-dealkylation sites (N-methyl/N-ethyl adjacent to an activating group) is 1. The summed E-state index contributed by atoms with van der Waals surface area (Å²) in [7, 11) is 0. The van der Waals surface area contributed by atoms with Crippen molar-refractivity contribution in [1.82, 2.24) is 5.32 Å². The lowest BCUT2D eigenvalue weighted by molar-refractivity contribution is 0.271. The van der Waals surface area contributed by atoms with Crippen LogP contribution in [0.15, 0.2) is 0 Å². The van der Waals surface area contributed by atoms with Crippen LogP contribution in [0.1, 0.15) is 27.7 Å². The standard InChI is InChI=1S/C8H17NO/c1-5-9-8(3,4)7-6(2)10-7/h6-7,9H,5H2,1-4H3. The molecule has 1 heterocycles. The molecular weight excluding hydrogens is 126 g/mol. The first kappa shape index (κ1) is 8.02. The highest BCUT2D eigenvalue weighted by atomic mass is 16.6. The van der Waals surface area contributed by atoms with Gasteiger partial charge in [0.1, 0.15) is 6.10 Å². The van der Waals surface area contributed by atoms with Crippen molar-refractivity contribution in [3.63, 3.8) is 0 Å². The van der Waals surface area contributed by atoms with Gasteiger partial charge in [0.25, 0.3) is 0 Å². The van der Waals surface area contributed by atoms with Crippen molar-refractivity contribution in [3.05, 3.63) is 0 Å². The number of nitrogens with one attached hydrogen (secondary N) is 1. The second-order valence-electron chi connectivity index (χ2n) is 3.51. The van der Waals surface area contributed by atoms with Crippen molar-refractivity contribution in [2.24, 2.45) is 0 Å². The average Bonchev–Trinajstić information content (AvgIpc) is 2.46. The molecule has 0 spiro atoms. The van der Waals surface area contributed by atoms with Crippen LogP contribution >= 0.6 is 0 Å². The molecule has 60 valence electrons. The summed E-state index contributed by atoms with van der Waals surface area (Å²) >= 11 is 0. The van der Waals surface area contributed by atoms with Gasteiger partial charge < -0.3 is 10.1 Å². The second-order valence-corrected chi connectivity index (χ2v) is 3.51. The quantitative estimate of drug-likeness (QED) is 0.600. The Morgan fingerprint density at radius 2 is 2.00 bits per heavy atom. The Morgan fingerprint density at radius 1 is 1.50 bits per heavy atom. The van der Waals surface area contributed by atoms with Crippen LogP contribution in [0.5, 0.6) is 0 Å². The summed E-state index contributed by atoms with van der Waals surface area (Å²) in [5, 5.41) is 3.39. The summed E-state index contributed by atoms with van der Waals surface area (Å²) in [4.78, 5) is 0. The highest BCUT2D eigenvalue weighted by molar-refractivity contribution is 4.99. The van der Waals surface area contributed by atoms with Gasteiger partial charge in [0.2, 0.25) is 0 Å². The van der Waals surface area contributed by atoms with Crippen LogP contribution in [0.4, 0.5) is 0 Å². The molecule has 2 atom stereocenters. The van der Waals surface area contributed by atoms with Crippen LogP contribution in [0.3, 0.4) is 0 Å². The third kappa shape index (κ3) is 1.50. The molecule has 0 amide bonds. The van der Waals surface area contributed by atoms with E-state index in [0.29, 0.717) is 12.2 Å². The number of rotatable bonds is 3. The van der Waals surface area contributed by atoms with Gasteiger partial charge in [0, 0.05) is 5.54 Å². The van der Waals surface area contributed by atoms with E-state index in [-0.39, 0.29) is 5.54 Å². The second kappa shape index (κ2) is 2.51. The smallest absolute Gasteiger partial charge is 0.101 e.